The summed E-state index contributed by atoms with van der Waals surface area (Å²) in [5, 5.41) is 3.43. The minimum atomic E-state index is -2.86. The van der Waals surface area contributed by atoms with E-state index in [0.29, 0.717) is 12.3 Å². The molecule has 3 nitrogen and oxygen atoms in total. The van der Waals surface area contributed by atoms with Gasteiger partial charge in [0, 0.05) is 23.0 Å². The highest BCUT2D eigenvalue weighted by Crippen LogP contribution is 2.23. The summed E-state index contributed by atoms with van der Waals surface area (Å²) in [5.41, 5.74) is 1.27. The zero-order valence-corrected chi connectivity index (χ0v) is 14.6. The second kappa shape index (κ2) is 8.80. The second-order valence-corrected chi connectivity index (χ2v) is 8.40. The van der Waals surface area contributed by atoms with E-state index < -0.39 is 9.84 Å². The maximum absolute atomic E-state index is 11.2. The van der Waals surface area contributed by atoms with Gasteiger partial charge in [-0.05, 0) is 49.4 Å². The fraction of sp³-hybridized carbons (Fsp3) is 0.600. The van der Waals surface area contributed by atoms with Crippen LogP contribution in [-0.2, 0) is 9.84 Å². The van der Waals surface area contributed by atoms with E-state index in [2.05, 4.69) is 40.3 Å². The molecule has 20 heavy (non-hydrogen) atoms. The first-order valence-electron chi connectivity index (χ1n) is 7.06. The Bertz CT molecular complexity index is 485. The Kier molecular flexibility index (Phi) is 7.77. The normalized spacial score (nSPS) is 13.3. The van der Waals surface area contributed by atoms with Crippen LogP contribution < -0.4 is 5.32 Å². The number of hydrogen-bond acceptors (Lipinski definition) is 3. The highest BCUT2D eigenvalue weighted by Gasteiger charge is 2.12. The zero-order valence-electron chi connectivity index (χ0n) is 12.2. The molecule has 1 unspecified atom stereocenters. The van der Waals surface area contributed by atoms with Crippen molar-refractivity contribution in [2.45, 2.75) is 32.1 Å². The molecule has 0 aromatic heterocycles. The number of nitrogens with one attached hydrogen (secondary N) is 1. The van der Waals surface area contributed by atoms with Crippen molar-refractivity contribution >= 4 is 25.8 Å². The molecule has 0 spiro atoms. The van der Waals surface area contributed by atoms with Crippen molar-refractivity contribution in [1.82, 2.24) is 5.32 Å². The van der Waals surface area contributed by atoms with Crippen LogP contribution in [-0.4, -0.2) is 33.5 Å². The number of halogens is 1. The van der Waals surface area contributed by atoms with Gasteiger partial charge in [0.05, 0.1) is 0 Å². The largest absolute Gasteiger partial charge is 0.316 e. The highest BCUT2D eigenvalue weighted by atomic mass is 79.9. The minimum Gasteiger partial charge on any atom is -0.316 e. The summed E-state index contributed by atoms with van der Waals surface area (Å²) < 4.78 is 23.5. The Labute approximate surface area is 131 Å². The molecule has 0 aliphatic rings. The molecule has 0 aliphatic heterocycles. The van der Waals surface area contributed by atoms with Crippen LogP contribution in [0.25, 0.3) is 0 Å². The van der Waals surface area contributed by atoms with Crippen molar-refractivity contribution in [2.24, 2.45) is 0 Å². The number of hydrogen-bond donors (Lipinski definition) is 1. The summed E-state index contributed by atoms with van der Waals surface area (Å²) in [6.45, 7) is 4.05. The third-order valence-electron chi connectivity index (χ3n) is 3.23. The predicted octanol–water partition coefficient (Wildman–Crippen LogP) is 3.36. The van der Waals surface area contributed by atoms with Gasteiger partial charge in [-0.15, -0.1) is 0 Å². The predicted molar refractivity (Wildman–Crippen MR) is 89.0 cm³/mol. The molecule has 1 N–H and O–H groups in total. The van der Waals surface area contributed by atoms with Gasteiger partial charge in [0.15, 0.2) is 0 Å². The standard InChI is InChI=1S/C15H24BrNO2S/c1-3-10-17-12-14(5-4-11-20(2,18)19)13-6-8-15(16)9-7-13/h6-9,14,17H,3-5,10-12H2,1-2H3. The van der Waals surface area contributed by atoms with E-state index in [1.165, 1.54) is 11.8 Å². The van der Waals surface area contributed by atoms with Gasteiger partial charge in [0.2, 0.25) is 0 Å². The number of benzene rings is 1. The van der Waals surface area contributed by atoms with Crippen molar-refractivity contribution in [3.05, 3.63) is 34.3 Å². The van der Waals surface area contributed by atoms with E-state index in [1.807, 2.05) is 12.1 Å². The van der Waals surface area contributed by atoms with Gasteiger partial charge in [0.1, 0.15) is 9.84 Å². The first kappa shape index (κ1) is 17.7. The lowest BCUT2D eigenvalue weighted by molar-refractivity contribution is 0.539. The molecule has 0 fully saturated rings. The Balaban J connectivity index is 2.62. The third-order valence-corrected chi connectivity index (χ3v) is 4.79. The van der Waals surface area contributed by atoms with Gasteiger partial charge in [-0.1, -0.05) is 35.0 Å². The van der Waals surface area contributed by atoms with Crippen LogP contribution in [0.15, 0.2) is 28.7 Å². The minimum absolute atomic E-state index is 0.272. The number of rotatable bonds is 9. The van der Waals surface area contributed by atoms with Crippen molar-refractivity contribution in [1.29, 1.82) is 0 Å². The lowest BCUT2D eigenvalue weighted by Crippen LogP contribution is -2.23. The van der Waals surface area contributed by atoms with Crippen LogP contribution >= 0.6 is 15.9 Å². The van der Waals surface area contributed by atoms with Gasteiger partial charge in [-0.3, -0.25) is 0 Å². The van der Waals surface area contributed by atoms with Crippen molar-refractivity contribution in [3.8, 4) is 0 Å². The quantitative estimate of drug-likeness (QED) is 0.686. The fourth-order valence-corrected chi connectivity index (χ4v) is 3.12. The molecule has 0 bridgehead atoms. The molecular formula is C15H24BrNO2S. The Hall–Kier alpha value is -0.390. The topological polar surface area (TPSA) is 46.2 Å². The van der Waals surface area contributed by atoms with Crippen LogP contribution in [0.4, 0.5) is 0 Å². The molecule has 1 aromatic carbocycles. The van der Waals surface area contributed by atoms with Crippen LogP contribution in [0.2, 0.25) is 0 Å². The van der Waals surface area contributed by atoms with Crippen LogP contribution in [0, 0.1) is 0 Å². The van der Waals surface area contributed by atoms with Gasteiger partial charge in [-0.2, -0.15) is 0 Å². The summed E-state index contributed by atoms with van der Waals surface area (Å²) in [4.78, 5) is 0. The van der Waals surface area contributed by atoms with Crippen LogP contribution in [0.5, 0.6) is 0 Å². The molecule has 5 heteroatoms. The summed E-state index contributed by atoms with van der Waals surface area (Å²) in [6, 6.07) is 8.31. The average Bonchev–Trinajstić information content (AvgIpc) is 2.37. The molecule has 0 radical (unpaired) electrons. The summed E-state index contributed by atoms with van der Waals surface area (Å²) in [5.74, 6) is 0.643. The lowest BCUT2D eigenvalue weighted by atomic mass is 9.94. The maximum Gasteiger partial charge on any atom is 0.147 e. The molecule has 1 aromatic rings. The highest BCUT2D eigenvalue weighted by molar-refractivity contribution is 9.10. The van der Waals surface area contributed by atoms with E-state index in [1.54, 1.807) is 0 Å². The van der Waals surface area contributed by atoms with Gasteiger partial charge < -0.3 is 5.32 Å². The van der Waals surface area contributed by atoms with E-state index >= 15 is 0 Å². The molecule has 0 saturated heterocycles. The van der Waals surface area contributed by atoms with Crippen molar-refractivity contribution in [2.75, 3.05) is 25.1 Å². The molecular weight excluding hydrogens is 338 g/mol. The fourth-order valence-electron chi connectivity index (χ4n) is 2.17. The Morgan fingerprint density at radius 1 is 1.25 bits per heavy atom. The Morgan fingerprint density at radius 2 is 1.90 bits per heavy atom. The van der Waals surface area contributed by atoms with E-state index in [0.717, 1.165) is 30.4 Å². The van der Waals surface area contributed by atoms with E-state index in [4.69, 9.17) is 0 Å². The third kappa shape index (κ3) is 7.41. The number of sulfone groups is 1. The average molecular weight is 362 g/mol. The van der Waals surface area contributed by atoms with Gasteiger partial charge in [-0.25, -0.2) is 8.42 Å². The molecule has 114 valence electrons. The van der Waals surface area contributed by atoms with E-state index in [9.17, 15) is 8.42 Å². The van der Waals surface area contributed by atoms with Crippen molar-refractivity contribution in [3.63, 3.8) is 0 Å². The molecule has 1 rings (SSSR count). The monoisotopic (exact) mass is 361 g/mol. The smallest absolute Gasteiger partial charge is 0.147 e. The molecule has 0 aliphatic carbocycles. The molecule has 0 saturated carbocycles. The summed E-state index contributed by atoms with van der Waals surface area (Å²) >= 11 is 3.44. The zero-order chi connectivity index (χ0) is 15.0. The van der Waals surface area contributed by atoms with E-state index in [-0.39, 0.29) is 5.75 Å². The van der Waals surface area contributed by atoms with Gasteiger partial charge in [0.25, 0.3) is 0 Å². The first-order chi connectivity index (χ1) is 9.42. The van der Waals surface area contributed by atoms with Crippen LogP contribution in [0.3, 0.4) is 0 Å². The molecule has 0 amide bonds. The molecule has 0 heterocycles. The van der Waals surface area contributed by atoms with Crippen molar-refractivity contribution < 1.29 is 8.42 Å². The summed E-state index contributed by atoms with van der Waals surface area (Å²) in [7, 11) is -2.86. The van der Waals surface area contributed by atoms with Crippen LogP contribution in [0.1, 0.15) is 37.7 Å². The summed E-state index contributed by atoms with van der Waals surface area (Å²) in [6.07, 6.45) is 4.02. The second-order valence-electron chi connectivity index (χ2n) is 5.22. The molecule has 1 atom stereocenters. The maximum atomic E-state index is 11.2. The van der Waals surface area contributed by atoms with Gasteiger partial charge >= 0.3 is 0 Å². The lowest BCUT2D eigenvalue weighted by Gasteiger charge is -2.18. The SMILES string of the molecule is CCCNCC(CCCS(C)(=O)=O)c1ccc(Br)cc1. The first-order valence-corrected chi connectivity index (χ1v) is 9.91. The Morgan fingerprint density at radius 3 is 2.45 bits per heavy atom.